The number of aliphatic carboxylic acids is 1. The number of hydrogen-bond donors (Lipinski definition) is 2. The Morgan fingerprint density at radius 1 is 1.36 bits per heavy atom. The molecule has 1 atom stereocenters. The van der Waals surface area contributed by atoms with Crippen LogP contribution in [-0.4, -0.2) is 22.0 Å². The van der Waals surface area contributed by atoms with Crippen LogP contribution >= 0.6 is 11.8 Å². The van der Waals surface area contributed by atoms with Crippen molar-refractivity contribution in [1.29, 1.82) is 0 Å². The molecule has 0 bridgehead atoms. The normalized spacial score (nSPS) is 18.2. The van der Waals surface area contributed by atoms with Crippen molar-refractivity contribution in [2.45, 2.75) is 33.2 Å². The van der Waals surface area contributed by atoms with Crippen molar-refractivity contribution < 1.29 is 9.90 Å². The maximum Gasteiger partial charge on any atom is 0.335 e. The highest BCUT2D eigenvalue weighted by Gasteiger charge is 2.28. The molecule has 0 radical (unpaired) electrons. The lowest BCUT2D eigenvalue weighted by Gasteiger charge is -2.24. The predicted molar refractivity (Wildman–Crippen MR) is 92.0 cm³/mol. The Labute approximate surface area is 135 Å². The third-order valence-electron chi connectivity index (χ3n) is 3.50. The summed E-state index contributed by atoms with van der Waals surface area (Å²) < 4.78 is 0. The van der Waals surface area contributed by atoms with Crippen LogP contribution in [0.2, 0.25) is 0 Å². The van der Waals surface area contributed by atoms with Gasteiger partial charge in [-0.1, -0.05) is 55.9 Å². The quantitative estimate of drug-likeness (QED) is 0.866. The van der Waals surface area contributed by atoms with Gasteiger partial charge in [-0.15, -0.1) is 0 Å². The standard InChI is InChI=1S/C17H22N2O2S/c1-11(2)9-10-22-17-18-12(3)14(16(20)21)15(19-17)13-7-5-4-6-8-13/h4-8,11,15H,9-10H2,1-3H3,(H,18,19)(H,20,21). The minimum absolute atomic E-state index is 0.319. The van der Waals surface area contributed by atoms with Crippen LogP contribution in [0.3, 0.4) is 0 Å². The Hall–Kier alpha value is -1.75. The van der Waals surface area contributed by atoms with Gasteiger partial charge in [-0.05, 0) is 24.8 Å². The van der Waals surface area contributed by atoms with E-state index in [0.29, 0.717) is 17.2 Å². The van der Waals surface area contributed by atoms with E-state index in [1.54, 1.807) is 18.7 Å². The maximum absolute atomic E-state index is 11.6. The number of carbonyl (C=O) groups is 1. The Morgan fingerprint density at radius 3 is 2.64 bits per heavy atom. The van der Waals surface area contributed by atoms with E-state index in [1.807, 2.05) is 30.3 Å². The topological polar surface area (TPSA) is 61.7 Å². The van der Waals surface area contributed by atoms with Gasteiger partial charge in [0.15, 0.2) is 5.17 Å². The molecule has 118 valence electrons. The van der Waals surface area contributed by atoms with Gasteiger partial charge < -0.3 is 10.4 Å². The van der Waals surface area contributed by atoms with Crippen molar-refractivity contribution >= 4 is 22.9 Å². The summed E-state index contributed by atoms with van der Waals surface area (Å²) in [6.45, 7) is 6.19. The van der Waals surface area contributed by atoms with Gasteiger partial charge in [-0.25, -0.2) is 9.79 Å². The Bertz CT molecular complexity index is 594. The smallest absolute Gasteiger partial charge is 0.335 e. The predicted octanol–water partition coefficient (Wildman–Crippen LogP) is 3.82. The number of amidine groups is 1. The number of aliphatic imine (C=N–C) groups is 1. The molecule has 5 heteroatoms. The van der Waals surface area contributed by atoms with Gasteiger partial charge in [0.2, 0.25) is 0 Å². The first-order valence-electron chi connectivity index (χ1n) is 7.45. The summed E-state index contributed by atoms with van der Waals surface area (Å²) in [6, 6.07) is 9.14. The number of carboxylic acid groups (broad SMARTS) is 1. The van der Waals surface area contributed by atoms with Crippen molar-refractivity contribution in [2.24, 2.45) is 10.9 Å². The third kappa shape index (κ3) is 4.13. The van der Waals surface area contributed by atoms with E-state index >= 15 is 0 Å². The van der Waals surface area contributed by atoms with Gasteiger partial charge in [0, 0.05) is 11.4 Å². The molecule has 1 aromatic carbocycles. The molecule has 1 aliphatic heterocycles. The van der Waals surface area contributed by atoms with Gasteiger partial charge in [-0.3, -0.25) is 0 Å². The molecule has 0 fully saturated rings. The second-order valence-electron chi connectivity index (χ2n) is 5.75. The molecule has 0 spiro atoms. The van der Waals surface area contributed by atoms with Gasteiger partial charge in [0.1, 0.15) is 6.04 Å². The van der Waals surface area contributed by atoms with E-state index < -0.39 is 12.0 Å². The molecule has 0 aromatic heterocycles. The number of benzene rings is 1. The van der Waals surface area contributed by atoms with E-state index in [-0.39, 0.29) is 0 Å². The minimum atomic E-state index is -0.922. The fourth-order valence-corrected chi connectivity index (χ4v) is 3.45. The summed E-state index contributed by atoms with van der Waals surface area (Å²) in [6.07, 6.45) is 1.11. The van der Waals surface area contributed by atoms with Crippen LogP contribution in [0.15, 0.2) is 46.6 Å². The van der Waals surface area contributed by atoms with Crippen LogP contribution in [0.25, 0.3) is 0 Å². The summed E-state index contributed by atoms with van der Waals surface area (Å²) >= 11 is 1.65. The van der Waals surface area contributed by atoms with Crippen molar-refractivity contribution in [2.75, 3.05) is 5.75 Å². The maximum atomic E-state index is 11.6. The fraction of sp³-hybridized carbons (Fsp3) is 0.412. The van der Waals surface area contributed by atoms with Crippen LogP contribution in [0.1, 0.15) is 38.8 Å². The van der Waals surface area contributed by atoms with Gasteiger partial charge >= 0.3 is 5.97 Å². The first-order valence-corrected chi connectivity index (χ1v) is 8.44. The van der Waals surface area contributed by atoms with Crippen LogP contribution in [0.5, 0.6) is 0 Å². The number of nitrogens with one attached hydrogen (secondary N) is 1. The molecule has 1 aliphatic rings. The molecule has 4 nitrogen and oxygen atoms in total. The zero-order valence-corrected chi connectivity index (χ0v) is 14.0. The molecule has 2 N–H and O–H groups in total. The highest BCUT2D eigenvalue weighted by Crippen LogP contribution is 2.32. The molecule has 0 amide bonds. The molecular weight excluding hydrogens is 296 g/mol. The molecule has 0 saturated heterocycles. The van der Waals surface area contributed by atoms with E-state index in [1.165, 1.54) is 0 Å². The summed E-state index contributed by atoms with van der Waals surface area (Å²) in [5.41, 5.74) is 1.89. The van der Waals surface area contributed by atoms with Crippen molar-refractivity contribution in [3.05, 3.63) is 47.2 Å². The first-order chi connectivity index (χ1) is 10.5. The van der Waals surface area contributed by atoms with Gasteiger partial charge in [-0.2, -0.15) is 0 Å². The monoisotopic (exact) mass is 318 g/mol. The SMILES string of the molecule is CC1=C(C(=O)O)C(c2ccccc2)N=C(SCCC(C)C)N1. The Morgan fingerprint density at radius 2 is 2.05 bits per heavy atom. The zero-order valence-electron chi connectivity index (χ0n) is 13.2. The molecule has 0 aliphatic carbocycles. The number of thioether (sulfide) groups is 1. The Kier molecular flexibility index (Phi) is 5.66. The number of allylic oxidation sites excluding steroid dienone is 1. The molecular formula is C17H22N2O2S. The average molecular weight is 318 g/mol. The zero-order chi connectivity index (χ0) is 16.1. The van der Waals surface area contributed by atoms with Gasteiger partial charge in [0.25, 0.3) is 0 Å². The molecule has 22 heavy (non-hydrogen) atoms. The number of carboxylic acids is 1. The molecule has 1 aromatic rings. The van der Waals surface area contributed by atoms with Crippen LogP contribution in [0, 0.1) is 5.92 Å². The van der Waals surface area contributed by atoms with E-state index in [4.69, 9.17) is 0 Å². The summed E-state index contributed by atoms with van der Waals surface area (Å²) in [5.74, 6) is 0.697. The van der Waals surface area contributed by atoms with E-state index in [0.717, 1.165) is 22.9 Å². The molecule has 1 heterocycles. The lowest BCUT2D eigenvalue weighted by molar-refractivity contribution is -0.133. The number of nitrogens with zero attached hydrogens (tertiary/aromatic N) is 1. The second-order valence-corrected chi connectivity index (χ2v) is 6.83. The summed E-state index contributed by atoms with van der Waals surface area (Å²) in [7, 11) is 0. The number of rotatable bonds is 5. The van der Waals surface area contributed by atoms with Crippen molar-refractivity contribution in [1.82, 2.24) is 5.32 Å². The highest BCUT2D eigenvalue weighted by atomic mass is 32.2. The first kappa shape index (κ1) is 16.6. The number of hydrogen-bond acceptors (Lipinski definition) is 4. The lowest BCUT2D eigenvalue weighted by atomic mass is 9.97. The average Bonchev–Trinajstić information content (AvgIpc) is 2.46. The summed E-state index contributed by atoms with van der Waals surface area (Å²) in [5, 5.41) is 13.4. The largest absolute Gasteiger partial charge is 0.478 e. The summed E-state index contributed by atoms with van der Waals surface area (Å²) in [4.78, 5) is 16.2. The minimum Gasteiger partial charge on any atom is -0.478 e. The van der Waals surface area contributed by atoms with Gasteiger partial charge in [0.05, 0.1) is 5.57 Å². The van der Waals surface area contributed by atoms with Crippen LogP contribution in [0.4, 0.5) is 0 Å². The molecule has 2 rings (SSSR count). The van der Waals surface area contributed by atoms with E-state index in [9.17, 15) is 9.90 Å². The van der Waals surface area contributed by atoms with Crippen LogP contribution in [-0.2, 0) is 4.79 Å². The third-order valence-corrected chi connectivity index (χ3v) is 4.42. The van der Waals surface area contributed by atoms with E-state index in [2.05, 4.69) is 24.2 Å². The molecule has 1 unspecified atom stereocenters. The highest BCUT2D eigenvalue weighted by molar-refractivity contribution is 8.13. The van der Waals surface area contributed by atoms with Crippen LogP contribution < -0.4 is 5.32 Å². The lowest BCUT2D eigenvalue weighted by Crippen LogP contribution is -2.30. The Balaban J connectivity index is 2.24. The van der Waals surface area contributed by atoms with Crippen molar-refractivity contribution in [3.63, 3.8) is 0 Å². The van der Waals surface area contributed by atoms with Crippen molar-refractivity contribution in [3.8, 4) is 0 Å². The molecule has 0 saturated carbocycles. The fourth-order valence-electron chi connectivity index (χ4n) is 2.27. The second kappa shape index (κ2) is 7.49.